The van der Waals surface area contributed by atoms with Crippen LogP contribution in [0.4, 0.5) is 16.4 Å². The van der Waals surface area contributed by atoms with Gasteiger partial charge in [-0.3, -0.25) is 9.59 Å². The van der Waals surface area contributed by atoms with Gasteiger partial charge in [-0.25, -0.2) is 0 Å². The minimum atomic E-state index is -0.257. The lowest BCUT2D eigenvalue weighted by Crippen LogP contribution is -2.05. The molecular formula is C21H16N4O3S. The largest absolute Gasteiger partial charge is 0.505 e. The normalized spacial score (nSPS) is 11.4. The van der Waals surface area contributed by atoms with Crippen molar-refractivity contribution < 1.29 is 14.7 Å². The number of rotatable bonds is 4. The minimum Gasteiger partial charge on any atom is -0.505 e. The van der Waals surface area contributed by atoms with Crippen molar-refractivity contribution in [3.63, 3.8) is 0 Å². The zero-order valence-electron chi connectivity index (χ0n) is 15.6. The second-order valence-corrected chi connectivity index (χ2v) is 7.25. The van der Waals surface area contributed by atoms with E-state index in [1.807, 2.05) is 24.3 Å². The van der Waals surface area contributed by atoms with Crippen molar-refractivity contribution in [1.29, 1.82) is 0 Å². The molecule has 0 bridgehead atoms. The molecule has 0 fully saturated rings. The van der Waals surface area contributed by atoms with Crippen LogP contribution < -0.4 is 5.32 Å². The number of phenolic OH excluding ortho intramolecular Hbond substituents is 1. The molecule has 0 saturated carbocycles. The Morgan fingerprint density at radius 3 is 2.59 bits per heavy atom. The van der Waals surface area contributed by atoms with Gasteiger partial charge in [0.1, 0.15) is 5.69 Å². The molecule has 1 aromatic heterocycles. The van der Waals surface area contributed by atoms with E-state index in [1.54, 1.807) is 24.3 Å². The topological polar surface area (TPSA) is 104 Å². The van der Waals surface area contributed by atoms with Gasteiger partial charge in [-0.1, -0.05) is 24.3 Å². The van der Waals surface area contributed by atoms with Crippen molar-refractivity contribution in [3.8, 4) is 5.75 Å². The number of azo groups is 1. The second-order valence-electron chi connectivity index (χ2n) is 6.50. The van der Waals surface area contributed by atoms with Crippen LogP contribution in [0.3, 0.4) is 0 Å². The van der Waals surface area contributed by atoms with Gasteiger partial charge in [0, 0.05) is 23.4 Å². The Hall–Kier alpha value is -3.65. The fourth-order valence-electron chi connectivity index (χ4n) is 3.06. The van der Waals surface area contributed by atoms with E-state index >= 15 is 0 Å². The number of nitrogens with zero attached hydrogens (tertiary/aromatic N) is 3. The minimum absolute atomic E-state index is 0.173. The first-order valence-corrected chi connectivity index (χ1v) is 9.56. The van der Waals surface area contributed by atoms with Crippen LogP contribution in [-0.2, 0) is 4.79 Å². The van der Waals surface area contributed by atoms with Crippen LogP contribution in [0.2, 0.25) is 0 Å². The lowest BCUT2D eigenvalue weighted by molar-refractivity contribution is -0.114. The Morgan fingerprint density at radius 1 is 1.03 bits per heavy atom. The summed E-state index contributed by atoms with van der Waals surface area (Å²) in [7, 11) is 0. The van der Waals surface area contributed by atoms with Crippen LogP contribution in [0.15, 0.2) is 58.8 Å². The van der Waals surface area contributed by atoms with Crippen molar-refractivity contribution in [2.75, 3.05) is 5.32 Å². The SMILES string of the molecule is CC(=O)Nc1ccc2nsc(/N=N/c3c(O)c(C(C)=O)cc4ccccc34)c2c1. The highest BCUT2D eigenvalue weighted by molar-refractivity contribution is 7.11. The van der Waals surface area contributed by atoms with E-state index in [0.29, 0.717) is 16.1 Å². The standard InChI is InChI=1S/C21H16N4O3S/c1-11(26)16-9-13-5-3-4-6-15(13)19(20(16)28)23-24-21-17-10-14(22-12(2)27)7-8-18(17)25-29-21/h3-10,28H,1-2H3,(H,22,27)/b24-23+. The Kier molecular flexibility index (Phi) is 4.77. The van der Waals surface area contributed by atoms with E-state index in [0.717, 1.165) is 27.8 Å². The lowest BCUT2D eigenvalue weighted by atomic mass is 10.0. The third kappa shape index (κ3) is 3.57. The van der Waals surface area contributed by atoms with E-state index in [1.165, 1.54) is 13.8 Å². The van der Waals surface area contributed by atoms with E-state index < -0.39 is 0 Å². The first-order valence-electron chi connectivity index (χ1n) is 8.78. The van der Waals surface area contributed by atoms with Gasteiger partial charge in [-0.2, -0.15) is 4.37 Å². The van der Waals surface area contributed by atoms with Gasteiger partial charge in [0.05, 0.1) is 11.1 Å². The summed E-state index contributed by atoms with van der Waals surface area (Å²) in [5, 5.41) is 24.6. The van der Waals surface area contributed by atoms with Gasteiger partial charge < -0.3 is 10.4 Å². The average molecular weight is 404 g/mol. The van der Waals surface area contributed by atoms with Gasteiger partial charge >= 0.3 is 0 Å². The van der Waals surface area contributed by atoms with Crippen molar-refractivity contribution in [1.82, 2.24) is 4.37 Å². The molecule has 0 atom stereocenters. The highest BCUT2D eigenvalue weighted by Gasteiger charge is 2.16. The maximum Gasteiger partial charge on any atom is 0.221 e. The highest BCUT2D eigenvalue weighted by Crippen LogP contribution is 2.41. The number of hydrogen-bond donors (Lipinski definition) is 2. The first-order chi connectivity index (χ1) is 13.9. The Bertz CT molecular complexity index is 1310. The maximum absolute atomic E-state index is 11.9. The molecule has 3 aromatic carbocycles. The summed E-state index contributed by atoms with van der Waals surface area (Å²) >= 11 is 1.16. The molecule has 144 valence electrons. The molecule has 0 spiro atoms. The monoisotopic (exact) mass is 404 g/mol. The fourth-order valence-corrected chi connectivity index (χ4v) is 3.75. The van der Waals surface area contributed by atoms with E-state index in [2.05, 4.69) is 19.9 Å². The predicted molar refractivity (Wildman–Crippen MR) is 114 cm³/mol. The summed E-state index contributed by atoms with van der Waals surface area (Å²) in [4.78, 5) is 23.2. The summed E-state index contributed by atoms with van der Waals surface area (Å²) in [5.74, 6) is -0.631. The van der Waals surface area contributed by atoms with E-state index in [-0.39, 0.29) is 28.7 Å². The molecule has 1 amide bonds. The number of amides is 1. The summed E-state index contributed by atoms with van der Waals surface area (Å²) in [6, 6.07) is 14.3. The molecule has 0 aliphatic carbocycles. The summed E-state index contributed by atoms with van der Waals surface area (Å²) in [6.45, 7) is 2.83. The number of aromatic hydroxyl groups is 1. The quantitative estimate of drug-likeness (QED) is 0.335. The second kappa shape index (κ2) is 7.40. The van der Waals surface area contributed by atoms with Gasteiger partial charge in [0.15, 0.2) is 16.5 Å². The van der Waals surface area contributed by atoms with E-state index in [9.17, 15) is 14.7 Å². The number of Topliss-reactive ketones (excluding diaryl/α,β-unsaturated/α-hetero) is 1. The third-order valence-electron chi connectivity index (χ3n) is 4.39. The molecular weight excluding hydrogens is 388 g/mol. The number of fused-ring (bicyclic) bond motifs is 2. The fraction of sp³-hybridized carbons (Fsp3) is 0.0952. The molecule has 29 heavy (non-hydrogen) atoms. The van der Waals surface area contributed by atoms with Crippen LogP contribution in [0.25, 0.3) is 21.7 Å². The van der Waals surface area contributed by atoms with Crippen molar-refractivity contribution in [3.05, 3.63) is 54.1 Å². The Balaban J connectivity index is 1.84. The number of ketones is 1. The summed E-state index contributed by atoms with van der Waals surface area (Å²) < 4.78 is 4.34. The number of anilines is 1. The van der Waals surface area contributed by atoms with Crippen LogP contribution in [0.5, 0.6) is 5.75 Å². The van der Waals surface area contributed by atoms with Gasteiger partial charge in [0.25, 0.3) is 0 Å². The number of carbonyl (C=O) groups excluding carboxylic acids is 2. The van der Waals surface area contributed by atoms with Crippen molar-refractivity contribution >= 4 is 61.3 Å². The summed E-state index contributed by atoms with van der Waals surface area (Å²) in [5.41, 5.74) is 1.78. The smallest absolute Gasteiger partial charge is 0.221 e. The molecule has 2 N–H and O–H groups in total. The van der Waals surface area contributed by atoms with Gasteiger partial charge in [-0.05, 0) is 48.1 Å². The van der Waals surface area contributed by atoms with Crippen molar-refractivity contribution in [2.24, 2.45) is 10.2 Å². The van der Waals surface area contributed by atoms with Gasteiger partial charge in [0.2, 0.25) is 5.91 Å². The molecule has 4 rings (SSSR count). The van der Waals surface area contributed by atoms with Crippen LogP contribution in [0.1, 0.15) is 24.2 Å². The first kappa shape index (κ1) is 18.7. The molecule has 4 aromatic rings. The van der Waals surface area contributed by atoms with E-state index in [4.69, 9.17) is 0 Å². The average Bonchev–Trinajstić information content (AvgIpc) is 3.08. The number of benzene rings is 3. The lowest BCUT2D eigenvalue weighted by Gasteiger charge is -2.08. The zero-order valence-corrected chi connectivity index (χ0v) is 16.4. The molecule has 0 saturated heterocycles. The molecule has 0 unspecified atom stereocenters. The zero-order chi connectivity index (χ0) is 20.5. The van der Waals surface area contributed by atoms with Crippen LogP contribution in [0, 0.1) is 0 Å². The summed E-state index contributed by atoms with van der Waals surface area (Å²) in [6.07, 6.45) is 0. The number of carbonyl (C=O) groups is 2. The molecule has 0 radical (unpaired) electrons. The molecule has 1 heterocycles. The highest BCUT2D eigenvalue weighted by atomic mass is 32.1. The number of aromatic nitrogens is 1. The van der Waals surface area contributed by atoms with Crippen molar-refractivity contribution in [2.45, 2.75) is 13.8 Å². The maximum atomic E-state index is 11.9. The molecule has 0 aliphatic rings. The van der Waals surface area contributed by atoms with Gasteiger partial charge in [-0.15, -0.1) is 10.2 Å². The number of phenols is 1. The van der Waals surface area contributed by atoms with Crippen LogP contribution in [-0.4, -0.2) is 21.2 Å². The number of hydrogen-bond acceptors (Lipinski definition) is 7. The molecule has 7 nitrogen and oxygen atoms in total. The number of nitrogens with one attached hydrogen (secondary N) is 1. The molecule has 0 aliphatic heterocycles. The third-order valence-corrected chi connectivity index (χ3v) is 5.16. The molecule has 8 heteroatoms. The predicted octanol–water partition coefficient (Wildman–Crippen LogP) is 5.73. The van der Waals surface area contributed by atoms with Crippen LogP contribution >= 0.6 is 11.5 Å². The Labute approximate surface area is 169 Å². The Morgan fingerprint density at radius 2 is 1.83 bits per heavy atom.